The minimum absolute atomic E-state index is 0.0544. The predicted octanol–water partition coefficient (Wildman–Crippen LogP) is 2.45. The summed E-state index contributed by atoms with van der Waals surface area (Å²) in [5, 5.41) is 4.06. The molecule has 3 rings (SSSR count). The maximum atomic E-state index is 12.9. The fourth-order valence-electron chi connectivity index (χ4n) is 3.37. The molecule has 1 aromatic carbocycles. The number of hydrogen-bond donors (Lipinski definition) is 0. The van der Waals surface area contributed by atoms with Crippen molar-refractivity contribution in [2.75, 3.05) is 13.6 Å². The zero-order chi connectivity index (χ0) is 20.5. The zero-order valence-electron chi connectivity index (χ0n) is 15.6. The number of amides is 2. The molecule has 0 radical (unpaired) electrons. The van der Waals surface area contributed by atoms with Gasteiger partial charge in [0.25, 0.3) is 0 Å². The molecule has 2 heterocycles. The Bertz CT molecular complexity index is 878. The molecule has 0 N–H and O–H groups in total. The van der Waals surface area contributed by atoms with Gasteiger partial charge < -0.3 is 9.80 Å². The van der Waals surface area contributed by atoms with Crippen molar-refractivity contribution in [3.05, 3.63) is 53.3 Å². The van der Waals surface area contributed by atoms with Crippen LogP contribution in [0.1, 0.15) is 23.1 Å². The number of aromatic nitrogens is 2. The normalized spacial score (nSPS) is 17.2. The first-order valence-corrected chi connectivity index (χ1v) is 8.80. The summed E-state index contributed by atoms with van der Waals surface area (Å²) in [6.07, 6.45) is -0.888. The predicted molar refractivity (Wildman–Crippen MR) is 94.7 cm³/mol. The second kappa shape index (κ2) is 7.65. The molecule has 1 saturated heterocycles. The Hall–Kier alpha value is -2.84. The molecule has 0 bridgehead atoms. The first-order valence-electron chi connectivity index (χ1n) is 8.80. The Kier molecular flexibility index (Phi) is 5.44. The molecule has 6 nitrogen and oxygen atoms in total. The van der Waals surface area contributed by atoms with Crippen molar-refractivity contribution < 1.29 is 22.8 Å². The van der Waals surface area contributed by atoms with E-state index in [1.54, 1.807) is 35.9 Å². The van der Waals surface area contributed by atoms with Gasteiger partial charge in [-0.1, -0.05) is 12.1 Å². The summed E-state index contributed by atoms with van der Waals surface area (Å²) < 4.78 is 40.2. The first-order chi connectivity index (χ1) is 13.1. The van der Waals surface area contributed by atoms with Crippen LogP contribution in [0.25, 0.3) is 0 Å². The zero-order valence-corrected chi connectivity index (χ0v) is 15.6. The molecule has 0 spiro atoms. The summed E-state index contributed by atoms with van der Waals surface area (Å²) in [5.41, 5.74) is 0.518. The van der Waals surface area contributed by atoms with E-state index >= 15 is 0 Å². The number of aryl methyl sites for hydroxylation is 1. The van der Waals surface area contributed by atoms with Crippen LogP contribution in [-0.2, 0) is 35.9 Å². The average Bonchev–Trinajstić information content (AvgIpc) is 3.19. The number of carbonyl (C=O) groups is 2. The summed E-state index contributed by atoms with van der Waals surface area (Å²) in [6, 6.07) is 4.90. The molecule has 0 unspecified atom stereocenters. The third-order valence-electron chi connectivity index (χ3n) is 4.75. The highest BCUT2D eigenvalue weighted by Crippen LogP contribution is 2.30. The maximum absolute atomic E-state index is 12.9. The van der Waals surface area contributed by atoms with Crippen LogP contribution in [0.4, 0.5) is 13.2 Å². The van der Waals surface area contributed by atoms with Gasteiger partial charge in [-0.3, -0.25) is 14.3 Å². The second-order valence-corrected chi connectivity index (χ2v) is 7.09. The van der Waals surface area contributed by atoms with E-state index in [0.29, 0.717) is 12.1 Å². The standard InChI is InChI=1S/C19H21F3N4O2/c1-24(9-14-8-23-25(2)10-14)18(28)15-7-17(27)26(12-15)11-13-4-3-5-16(6-13)19(20,21)22/h3-6,8,10,15H,7,9,11-12H2,1-2H3/t15-/m1/s1. The lowest BCUT2D eigenvalue weighted by atomic mass is 10.1. The van der Waals surface area contributed by atoms with E-state index in [9.17, 15) is 22.8 Å². The molecule has 28 heavy (non-hydrogen) atoms. The number of hydrogen-bond acceptors (Lipinski definition) is 3. The van der Waals surface area contributed by atoms with E-state index in [-0.39, 0.29) is 31.3 Å². The van der Waals surface area contributed by atoms with Crippen molar-refractivity contribution in [1.82, 2.24) is 19.6 Å². The maximum Gasteiger partial charge on any atom is 0.416 e. The third kappa shape index (κ3) is 4.52. The van der Waals surface area contributed by atoms with Gasteiger partial charge in [0.15, 0.2) is 0 Å². The highest BCUT2D eigenvalue weighted by molar-refractivity contribution is 5.89. The van der Waals surface area contributed by atoms with Crippen LogP contribution in [0.2, 0.25) is 0 Å². The fourth-order valence-corrected chi connectivity index (χ4v) is 3.37. The summed E-state index contributed by atoms with van der Waals surface area (Å²) in [5.74, 6) is -0.894. The summed E-state index contributed by atoms with van der Waals surface area (Å²) in [4.78, 5) is 27.9. The minimum Gasteiger partial charge on any atom is -0.341 e. The molecule has 2 aromatic rings. The molecule has 1 atom stereocenters. The summed E-state index contributed by atoms with van der Waals surface area (Å²) in [7, 11) is 3.45. The quantitative estimate of drug-likeness (QED) is 0.783. The lowest BCUT2D eigenvalue weighted by molar-refractivity contribution is -0.137. The molecule has 0 saturated carbocycles. The number of carbonyl (C=O) groups excluding carboxylic acids is 2. The molecular formula is C19H21F3N4O2. The number of alkyl halides is 3. The van der Waals surface area contributed by atoms with Crippen molar-refractivity contribution in [3.63, 3.8) is 0 Å². The van der Waals surface area contributed by atoms with Gasteiger partial charge in [0.05, 0.1) is 17.7 Å². The van der Waals surface area contributed by atoms with Crippen molar-refractivity contribution in [2.45, 2.75) is 25.7 Å². The monoisotopic (exact) mass is 394 g/mol. The number of benzene rings is 1. The third-order valence-corrected chi connectivity index (χ3v) is 4.75. The van der Waals surface area contributed by atoms with Gasteiger partial charge in [0.1, 0.15) is 0 Å². The molecule has 150 valence electrons. The van der Waals surface area contributed by atoms with Crippen LogP contribution in [0, 0.1) is 5.92 Å². The lowest BCUT2D eigenvalue weighted by Crippen LogP contribution is -2.34. The van der Waals surface area contributed by atoms with E-state index in [1.165, 1.54) is 11.0 Å². The molecule has 1 aromatic heterocycles. The van der Waals surface area contributed by atoms with E-state index in [4.69, 9.17) is 0 Å². The van der Waals surface area contributed by atoms with E-state index in [1.807, 2.05) is 6.20 Å². The number of halogens is 3. The van der Waals surface area contributed by atoms with Crippen molar-refractivity contribution in [2.24, 2.45) is 13.0 Å². The van der Waals surface area contributed by atoms with Crippen molar-refractivity contribution >= 4 is 11.8 Å². The highest BCUT2D eigenvalue weighted by atomic mass is 19.4. The molecular weight excluding hydrogens is 373 g/mol. The van der Waals surface area contributed by atoms with Crippen LogP contribution in [-0.4, -0.2) is 45.0 Å². The summed E-state index contributed by atoms with van der Waals surface area (Å²) >= 11 is 0. The molecule has 1 aliphatic rings. The summed E-state index contributed by atoms with van der Waals surface area (Å²) in [6.45, 7) is 0.634. The first kappa shape index (κ1) is 19.9. The van der Waals surface area contributed by atoms with Gasteiger partial charge >= 0.3 is 6.18 Å². The Morgan fingerprint density at radius 2 is 2.07 bits per heavy atom. The Morgan fingerprint density at radius 1 is 1.32 bits per heavy atom. The lowest BCUT2D eigenvalue weighted by Gasteiger charge is -2.21. The molecule has 2 amide bonds. The molecule has 0 aliphatic carbocycles. The van der Waals surface area contributed by atoms with Gasteiger partial charge in [-0.25, -0.2) is 0 Å². The van der Waals surface area contributed by atoms with Gasteiger partial charge in [-0.05, 0) is 17.7 Å². The Morgan fingerprint density at radius 3 is 2.71 bits per heavy atom. The van der Waals surface area contributed by atoms with Crippen molar-refractivity contribution in [3.8, 4) is 0 Å². The van der Waals surface area contributed by atoms with Crippen LogP contribution >= 0.6 is 0 Å². The van der Waals surface area contributed by atoms with Crippen LogP contribution in [0.15, 0.2) is 36.7 Å². The van der Waals surface area contributed by atoms with Gasteiger partial charge in [-0.15, -0.1) is 0 Å². The number of likely N-dealkylation sites (tertiary alicyclic amines) is 1. The number of nitrogens with zero attached hydrogens (tertiary/aromatic N) is 4. The van der Waals surface area contributed by atoms with Gasteiger partial charge in [0, 0.05) is 51.9 Å². The Labute approximate surface area is 160 Å². The van der Waals surface area contributed by atoms with Crippen molar-refractivity contribution in [1.29, 1.82) is 0 Å². The molecule has 1 fully saturated rings. The van der Waals surface area contributed by atoms with Gasteiger partial charge in [-0.2, -0.15) is 18.3 Å². The van der Waals surface area contributed by atoms with Crippen LogP contribution in [0.5, 0.6) is 0 Å². The minimum atomic E-state index is -4.43. The van der Waals surface area contributed by atoms with E-state index in [2.05, 4.69) is 5.10 Å². The van der Waals surface area contributed by atoms with Crippen LogP contribution in [0.3, 0.4) is 0 Å². The van der Waals surface area contributed by atoms with Crippen LogP contribution < -0.4 is 0 Å². The van der Waals surface area contributed by atoms with Gasteiger partial charge in [0.2, 0.25) is 11.8 Å². The largest absolute Gasteiger partial charge is 0.416 e. The molecule has 9 heteroatoms. The molecule has 1 aliphatic heterocycles. The smallest absolute Gasteiger partial charge is 0.341 e. The fraction of sp³-hybridized carbons (Fsp3) is 0.421. The van der Waals surface area contributed by atoms with E-state index in [0.717, 1.165) is 17.7 Å². The Balaban J connectivity index is 1.62. The second-order valence-electron chi connectivity index (χ2n) is 7.09. The number of rotatable bonds is 5. The highest BCUT2D eigenvalue weighted by Gasteiger charge is 2.36. The van der Waals surface area contributed by atoms with E-state index < -0.39 is 17.7 Å². The SMILES string of the molecule is CN(Cc1cnn(C)c1)C(=O)[C@@H]1CC(=O)N(Cc2cccc(C(F)(F)F)c2)C1. The average molecular weight is 394 g/mol. The topological polar surface area (TPSA) is 58.4 Å².